The second kappa shape index (κ2) is 7.68. The molecule has 0 fully saturated rings. The fourth-order valence-corrected chi connectivity index (χ4v) is 3.69. The van der Waals surface area contributed by atoms with Crippen LogP contribution in [0.25, 0.3) is 0 Å². The highest BCUT2D eigenvalue weighted by Crippen LogP contribution is 2.33. The van der Waals surface area contributed by atoms with Gasteiger partial charge in [0.05, 0.1) is 10.7 Å². The molecule has 0 radical (unpaired) electrons. The Bertz CT molecular complexity index is 700. The quantitative estimate of drug-likeness (QED) is 0.613. The summed E-state index contributed by atoms with van der Waals surface area (Å²) in [5, 5.41) is 3.44. The number of benzene rings is 2. The molecule has 3 nitrogen and oxygen atoms in total. The van der Waals surface area contributed by atoms with Crippen molar-refractivity contribution in [1.82, 2.24) is 0 Å². The zero-order valence-corrected chi connectivity index (χ0v) is 16.1. The molecule has 0 unspecified atom stereocenters. The van der Waals surface area contributed by atoms with Crippen molar-refractivity contribution >= 4 is 66.7 Å². The lowest BCUT2D eigenvalue weighted by molar-refractivity contribution is -0.118. The van der Waals surface area contributed by atoms with E-state index in [0.29, 0.717) is 16.5 Å². The summed E-state index contributed by atoms with van der Waals surface area (Å²) >= 11 is 18.7. The van der Waals surface area contributed by atoms with E-state index in [-0.39, 0.29) is 17.5 Å². The van der Waals surface area contributed by atoms with E-state index in [4.69, 9.17) is 27.9 Å². The number of carbonyl (C=O) groups is 1. The van der Waals surface area contributed by atoms with E-state index in [2.05, 4.69) is 37.2 Å². The second-order valence-corrected chi connectivity index (χ2v) is 6.99. The predicted octanol–water partition coefficient (Wildman–Crippen LogP) is 5.84. The number of rotatable bonds is 4. The van der Waals surface area contributed by atoms with Gasteiger partial charge in [-0.25, -0.2) is 0 Å². The second-order valence-electron chi connectivity index (χ2n) is 4.49. The van der Waals surface area contributed by atoms with Gasteiger partial charge >= 0.3 is 0 Å². The Morgan fingerprint density at radius 1 is 1.23 bits per heavy atom. The third-order valence-electron chi connectivity index (χ3n) is 2.73. The zero-order valence-electron chi connectivity index (χ0n) is 11.4. The maximum Gasteiger partial charge on any atom is 0.262 e. The Kier molecular flexibility index (Phi) is 6.15. The number of anilines is 1. The molecule has 22 heavy (non-hydrogen) atoms. The molecule has 0 heterocycles. The Morgan fingerprint density at radius 3 is 2.50 bits per heavy atom. The summed E-state index contributed by atoms with van der Waals surface area (Å²) in [5.74, 6) is 0.0626. The molecule has 0 bridgehead atoms. The minimum absolute atomic E-state index is 0.174. The van der Waals surface area contributed by atoms with Crippen molar-refractivity contribution in [3.05, 3.63) is 54.9 Å². The van der Waals surface area contributed by atoms with E-state index >= 15 is 0 Å². The van der Waals surface area contributed by atoms with Crippen molar-refractivity contribution in [1.29, 1.82) is 0 Å². The molecule has 0 saturated carbocycles. The van der Waals surface area contributed by atoms with E-state index in [9.17, 15) is 4.79 Å². The number of ether oxygens (including phenoxy) is 1. The van der Waals surface area contributed by atoms with Crippen molar-refractivity contribution in [2.45, 2.75) is 6.92 Å². The average molecular weight is 468 g/mol. The molecule has 0 aliphatic carbocycles. The van der Waals surface area contributed by atoms with E-state index in [0.717, 1.165) is 14.5 Å². The number of hydrogen-bond donors (Lipinski definition) is 1. The third-order valence-corrected chi connectivity index (χ3v) is 4.78. The summed E-state index contributed by atoms with van der Waals surface area (Å²) in [4.78, 5) is 12.0. The summed E-state index contributed by atoms with van der Waals surface area (Å²) in [6.45, 7) is 1.79. The highest BCUT2D eigenvalue weighted by Gasteiger charge is 2.12. The van der Waals surface area contributed by atoms with Crippen LogP contribution in [0.2, 0.25) is 10.0 Å². The summed E-state index contributed by atoms with van der Waals surface area (Å²) in [7, 11) is 0. The molecule has 116 valence electrons. The molecule has 0 aliphatic heterocycles. The summed E-state index contributed by atoms with van der Waals surface area (Å²) in [6, 6.07) is 8.83. The third kappa shape index (κ3) is 4.38. The van der Waals surface area contributed by atoms with Gasteiger partial charge in [-0.05, 0) is 68.6 Å². The van der Waals surface area contributed by atoms with Crippen LogP contribution in [0.3, 0.4) is 0 Å². The average Bonchev–Trinajstić information content (AvgIpc) is 2.44. The van der Waals surface area contributed by atoms with E-state index in [1.807, 2.05) is 19.1 Å². The standard InChI is InChI=1S/C15H11Br2Cl2NO2/c1-8-5-9(16)15(10(17)6-8)20-13(21)7-22-12-4-2-3-11(18)14(12)19/h2-6H,7H2,1H3,(H,20,21). The van der Waals surface area contributed by atoms with Crippen LogP contribution in [0.5, 0.6) is 5.75 Å². The first-order chi connectivity index (χ1) is 10.4. The smallest absolute Gasteiger partial charge is 0.262 e. The van der Waals surface area contributed by atoms with Gasteiger partial charge in [-0.15, -0.1) is 0 Å². The summed E-state index contributed by atoms with van der Waals surface area (Å²) in [6.07, 6.45) is 0. The van der Waals surface area contributed by atoms with Crippen molar-refractivity contribution in [2.75, 3.05) is 11.9 Å². The Hall–Kier alpha value is -0.750. The Morgan fingerprint density at radius 2 is 1.86 bits per heavy atom. The predicted molar refractivity (Wildman–Crippen MR) is 97.2 cm³/mol. The molecule has 2 aromatic rings. The van der Waals surface area contributed by atoms with Gasteiger partial charge in [0.1, 0.15) is 10.8 Å². The highest BCUT2D eigenvalue weighted by molar-refractivity contribution is 9.11. The van der Waals surface area contributed by atoms with E-state index in [1.54, 1.807) is 18.2 Å². The molecule has 2 rings (SSSR count). The van der Waals surface area contributed by atoms with Gasteiger partial charge in [0, 0.05) is 8.95 Å². The summed E-state index contributed by atoms with van der Waals surface area (Å²) < 4.78 is 6.97. The highest BCUT2D eigenvalue weighted by atomic mass is 79.9. The lowest BCUT2D eigenvalue weighted by atomic mass is 10.2. The van der Waals surface area contributed by atoms with Gasteiger partial charge in [-0.2, -0.15) is 0 Å². The minimum Gasteiger partial charge on any atom is -0.482 e. The monoisotopic (exact) mass is 465 g/mol. The molecule has 1 N–H and O–H groups in total. The largest absolute Gasteiger partial charge is 0.482 e. The summed E-state index contributed by atoms with van der Waals surface area (Å²) in [5.41, 5.74) is 1.72. The molecular formula is C15H11Br2Cl2NO2. The SMILES string of the molecule is Cc1cc(Br)c(NC(=O)COc2cccc(Cl)c2Cl)c(Br)c1. The van der Waals surface area contributed by atoms with Crippen LogP contribution in [-0.2, 0) is 4.79 Å². The topological polar surface area (TPSA) is 38.3 Å². The number of hydrogen-bond acceptors (Lipinski definition) is 2. The van der Waals surface area contributed by atoms with Crippen LogP contribution < -0.4 is 10.1 Å². The molecule has 7 heteroatoms. The van der Waals surface area contributed by atoms with Crippen LogP contribution in [0.4, 0.5) is 5.69 Å². The fourth-order valence-electron chi connectivity index (χ4n) is 1.73. The van der Waals surface area contributed by atoms with Crippen molar-refractivity contribution < 1.29 is 9.53 Å². The van der Waals surface area contributed by atoms with Gasteiger partial charge in [0.25, 0.3) is 5.91 Å². The number of carbonyl (C=O) groups excluding carboxylic acids is 1. The van der Waals surface area contributed by atoms with Crippen LogP contribution in [0.15, 0.2) is 39.3 Å². The first-order valence-electron chi connectivity index (χ1n) is 6.21. The molecule has 0 spiro atoms. The Balaban J connectivity index is 2.04. The van der Waals surface area contributed by atoms with Gasteiger partial charge in [0.15, 0.2) is 6.61 Å². The zero-order chi connectivity index (χ0) is 16.3. The lowest BCUT2D eigenvalue weighted by Crippen LogP contribution is -2.20. The molecule has 0 aromatic heterocycles. The maximum atomic E-state index is 12.0. The molecule has 2 aromatic carbocycles. The number of halogens is 4. The fraction of sp³-hybridized carbons (Fsp3) is 0.133. The van der Waals surface area contributed by atoms with Crippen LogP contribution in [-0.4, -0.2) is 12.5 Å². The number of aryl methyl sites for hydroxylation is 1. The molecule has 1 amide bonds. The van der Waals surface area contributed by atoms with Crippen molar-refractivity contribution in [2.24, 2.45) is 0 Å². The van der Waals surface area contributed by atoms with Crippen LogP contribution >= 0.6 is 55.1 Å². The van der Waals surface area contributed by atoms with E-state index in [1.165, 1.54) is 0 Å². The van der Waals surface area contributed by atoms with Crippen molar-refractivity contribution in [3.8, 4) is 5.75 Å². The first-order valence-corrected chi connectivity index (χ1v) is 8.55. The molecular weight excluding hydrogens is 457 g/mol. The maximum absolute atomic E-state index is 12.0. The van der Waals surface area contributed by atoms with Crippen LogP contribution in [0, 0.1) is 6.92 Å². The Labute approximate surface area is 155 Å². The van der Waals surface area contributed by atoms with Crippen molar-refractivity contribution in [3.63, 3.8) is 0 Å². The van der Waals surface area contributed by atoms with Gasteiger partial charge in [0.2, 0.25) is 0 Å². The lowest BCUT2D eigenvalue weighted by Gasteiger charge is -2.12. The van der Waals surface area contributed by atoms with Crippen LogP contribution in [0.1, 0.15) is 5.56 Å². The molecule has 0 saturated heterocycles. The first kappa shape index (κ1) is 17.6. The number of nitrogens with one attached hydrogen (secondary N) is 1. The normalized spacial score (nSPS) is 10.4. The number of amides is 1. The van der Waals surface area contributed by atoms with Gasteiger partial charge < -0.3 is 10.1 Å². The van der Waals surface area contributed by atoms with E-state index < -0.39 is 0 Å². The van der Waals surface area contributed by atoms with Gasteiger partial charge in [-0.3, -0.25) is 4.79 Å². The molecule has 0 aliphatic rings. The van der Waals surface area contributed by atoms with Gasteiger partial charge in [-0.1, -0.05) is 29.3 Å². The minimum atomic E-state index is -0.304. The molecule has 0 atom stereocenters.